The summed E-state index contributed by atoms with van der Waals surface area (Å²) in [5.41, 5.74) is 6.13. The Morgan fingerprint density at radius 2 is 2.20 bits per heavy atom. The number of urea groups is 1. The first-order chi connectivity index (χ1) is 12.0. The largest absolute Gasteiger partial charge is 0.497 e. The second-order valence-electron chi connectivity index (χ2n) is 6.05. The third kappa shape index (κ3) is 5.61. The topological polar surface area (TPSA) is 108 Å². The Kier molecular flexibility index (Phi) is 7.03. The van der Waals surface area contributed by atoms with E-state index in [1.54, 1.807) is 12.0 Å². The molecular weight excluding hydrogens is 324 g/mol. The van der Waals surface area contributed by atoms with E-state index in [1.165, 1.54) is 0 Å². The summed E-state index contributed by atoms with van der Waals surface area (Å²) in [5, 5.41) is 11.7. The minimum absolute atomic E-state index is 0.0564. The summed E-state index contributed by atoms with van der Waals surface area (Å²) in [6.07, 6.45) is 0.580. The van der Waals surface area contributed by atoms with Crippen molar-refractivity contribution in [2.45, 2.75) is 19.0 Å². The lowest BCUT2D eigenvalue weighted by molar-refractivity contribution is -0.133. The lowest BCUT2D eigenvalue weighted by Crippen LogP contribution is -2.56. The molecule has 1 saturated heterocycles. The van der Waals surface area contributed by atoms with Gasteiger partial charge in [0, 0.05) is 38.8 Å². The number of rotatable bonds is 7. The van der Waals surface area contributed by atoms with Gasteiger partial charge in [-0.1, -0.05) is 12.1 Å². The van der Waals surface area contributed by atoms with Gasteiger partial charge in [-0.05, 0) is 24.1 Å². The number of nitrogens with two attached hydrogens (primary N) is 1. The van der Waals surface area contributed by atoms with E-state index in [0.29, 0.717) is 26.1 Å². The van der Waals surface area contributed by atoms with Crippen LogP contribution in [0.3, 0.4) is 0 Å². The summed E-state index contributed by atoms with van der Waals surface area (Å²) in [6.45, 7) is 2.47. The molecule has 138 valence electrons. The quantitative estimate of drug-likeness (QED) is 0.629. The summed E-state index contributed by atoms with van der Waals surface area (Å²) >= 11 is 0. The van der Waals surface area contributed by atoms with E-state index in [0.717, 1.165) is 17.9 Å². The van der Waals surface area contributed by atoms with Crippen molar-refractivity contribution < 1.29 is 19.4 Å². The van der Waals surface area contributed by atoms with Crippen molar-refractivity contribution in [3.05, 3.63) is 29.8 Å². The zero-order chi connectivity index (χ0) is 18.2. The monoisotopic (exact) mass is 350 g/mol. The summed E-state index contributed by atoms with van der Waals surface area (Å²) < 4.78 is 5.26. The first-order valence-electron chi connectivity index (χ1n) is 8.32. The summed E-state index contributed by atoms with van der Waals surface area (Å²) in [5.74, 6) is 0.644. The second-order valence-corrected chi connectivity index (χ2v) is 6.05. The summed E-state index contributed by atoms with van der Waals surface area (Å²) in [7, 11) is 1.64. The van der Waals surface area contributed by atoms with Gasteiger partial charge in [0.05, 0.1) is 13.7 Å². The van der Waals surface area contributed by atoms with Crippen molar-refractivity contribution in [1.29, 1.82) is 0 Å². The van der Waals surface area contributed by atoms with Crippen LogP contribution >= 0.6 is 0 Å². The highest BCUT2D eigenvalue weighted by Crippen LogP contribution is 2.19. The smallest absolute Gasteiger partial charge is 0.312 e. The molecule has 8 heteroatoms. The molecule has 1 aliphatic rings. The molecule has 1 heterocycles. The van der Waals surface area contributed by atoms with Gasteiger partial charge in [-0.15, -0.1) is 0 Å². The van der Waals surface area contributed by atoms with Crippen molar-refractivity contribution >= 4 is 11.9 Å². The Labute approximate surface area is 147 Å². The minimum Gasteiger partial charge on any atom is -0.497 e. The van der Waals surface area contributed by atoms with Crippen LogP contribution < -0.4 is 15.8 Å². The fourth-order valence-corrected chi connectivity index (χ4v) is 3.03. The van der Waals surface area contributed by atoms with Crippen LogP contribution in [0.5, 0.6) is 5.75 Å². The zero-order valence-corrected chi connectivity index (χ0v) is 14.5. The molecule has 0 bridgehead atoms. The molecule has 3 amide bonds. The molecule has 0 spiro atoms. The molecule has 1 fully saturated rings. The van der Waals surface area contributed by atoms with E-state index in [9.17, 15) is 14.7 Å². The van der Waals surface area contributed by atoms with Gasteiger partial charge >= 0.3 is 6.03 Å². The average molecular weight is 350 g/mol. The number of hydrogen-bond acceptors (Lipinski definition) is 5. The number of hydrogen-bond donors (Lipinski definition) is 3. The minimum atomic E-state index is -0.711. The van der Waals surface area contributed by atoms with Gasteiger partial charge < -0.3 is 25.8 Å². The third-order valence-electron chi connectivity index (χ3n) is 4.35. The van der Waals surface area contributed by atoms with Crippen molar-refractivity contribution in [1.82, 2.24) is 15.1 Å². The molecule has 0 aliphatic carbocycles. The Morgan fingerprint density at radius 1 is 1.40 bits per heavy atom. The predicted molar refractivity (Wildman–Crippen MR) is 93.1 cm³/mol. The van der Waals surface area contributed by atoms with Crippen LogP contribution in [0.2, 0.25) is 0 Å². The Bertz CT molecular complexity index is 596. The summed E-state index contributed by atoms with van der Waals surface area (Å²) in [6, 6.07) is 7.22. The van der Waals surface area contributed by atoms with Crippen LogP contribution in [0, 0.1) is 0 Å². The molecule has 25 heavy (non-hydrogen) atoms. The number of ether oxygens (including phenoxy) is 1. The number of nitrogens with one attached hydrogen (secondary N) is 1. The van der Waals surface area contributed by atoms with Crippen molar-refractivity contribution in [2.75, 3.05) is 39.9 Å². The van der Waals surface area contributed by atoms with Gasteiger partial charge in [-0.25, -0.2) is 4.79 Å². The number of aliphatic hydroxyl groups is 1. The van der Waals surface area contributed by atoms with E-state index in [1.807, 2.05) is 24.3 Å². The summed E-state index contributed by atoms with van der Waals surface area (Å²) in [4.78, 5) is 26.9. The average Bonchev–Trinajstić information content (AvgIpc) is 2.61. The molecule has 1 unspecified atom stereocenters. The van der Waals surface area contributed by atoms with Gasteiger partial charge in [0.1, 0.15) is 5.75 Å². The van der Waals surface area contributed by atoms with E-state index >= 15 is 0 Å². The number of nitrogens with zero attached hydrogens (tertiary/aromatic N) is 2. The molecular formula is C17H26N4O4. The molecule has 1 atom stereocenters. The number of methoxy groups -OCH3 is 1. The number of aliphatic hydroxyl groups excluding tert-OH is 1. The molecule has 0 aromatic heterocycles. The van der Waals surface area contributed by atoms with Crippen molar-refractivity contribution in [3.63, 3.8) is 0 Å². The van der Waals surface area contributed by atoms with Crippen LogP contribution in [-0.4, -0.2) is 72.8 Å². The lowest BCUT2D eigenvalue weighted by atomic mass is 10.1. The first kappa shape index (κ1) is 19.0. The lowest BCUT2D eigenvalue weighted by Gasteiger charge is -2.41. The zero-order valence-electron chi connectivity index (χ0n) is 14.5. The molecule has 1 aromatic carbocycles. The van der Waals surface area contributed by atoms with Crippen LogP contribution in [0.4, 0.5) is 4.79 Å². The number of benzene rings is 1. The van der Waals surface area contributed by atoms with Crippen molar-refractivity contribution in [2.24, 2.45) is 5.73 Å². The van der Waals surface area contributed by atoms with E-state index in [4.69, 9.17) is 10.5 Å². The standard InChI is InChI=1S/C17H26N4O4/c1-25-15-4-2-3-13(9-15)11-20-6-7-21(12-14(20)5-8-22)16(23)10-19-17(18)24/h2-4,9,14,22H,5-8,10-12H2,1H3,(H3,18,19,24). The van der Waals surface area contributed by atoms with E-state index < -0.39 is 6.03 Å². The van der Waals surface area contributed by atoms with Crippen LogP contribution in [0.1, 0.15) is 12.0 Å². The van der Waals surface area contributed by atoms with Gasteiger partial charge in [-0.2, -0.15) is 0 Å². The van der Waals surface area contributed by atoms with E-state index in [-0.39, 0.29) is 25.1 Å². The van der Waals surface area contributed by atoms with Crippen LogP contribution in [0.15, 0.2) is 24.3 Å². The third-order valence-corrected chi connectivity index (χ3v) is 4.35. The molecule has 1 aromatic rings. The first-order valence-corrected chi connectivity index (χ1v) is 8.32. The van der Waals surface area contributed by atoms with Crippen LogP contribution in [-0.2, 0) is 11.3 Å². The maximum atomic E-state index is 12.2. The molecule has 4 N–H and O–H groups in total. The number of primary amides is 1. The predicted octanol–water partition coefficient (Wildman–Crippen LogP) is -0.241. The molecule has 2 rings (SSSR count). The number of piperazine rings is 1. The molecule has 0 radical (unpaired) electrons. The number of carbonyl (C=O) groups is 2. The molecule has 0 saturated carbocycles. The van der Waals surface area contributed by atoms with Gasteiger partial charge in [0.15, 0.2) is 0 Å². The number of carbonyl (C=O) groups excluding carboxylic acids is 2. The highest BCUT2D eigenvalue weighted by molar-refractivity contribution is 5.83. The molecule has 8 nitrogen and oxygen atoms in total. The van der Waals surface area contributed by atoms with Crippen LogP contribution in [0.25, 0.3) is 0 Å². The SMILES string of the molecule is COc1cccc(CN2CCN(C(=O)CNC(N)=O)CC2CCO)c1. The Hall–Kier alpha value is -2.32. The Balaban J connectivity index is 1.98. The normalized spacial score (nSPS) is 18.0. The van der Waals surface area contributed by atoms with Crippen molar-refractivity contribution in [3.8, 4) is 5.75 Å². The second kappa shape index (κ2) is 9.24. The highest BCUT2D eigenvalue weighted by Gasteiger charge is 2.29. The molecule has 1 aliphatic heterocycles. The fraction of sp³-hybridized carbons (Fsp3) is 0.529. The van der Waals surface area contributed by atoms with Gasteiger partial charge in [0.25, 0.3) is 0 Å². The Morgan fingerprint density at radius 3 is 2.88 bits per heavy atom. The maximum Gasteiger partial charge on any atom is 0.312 e. The highest BCUT2D eigenvalue weighted by atomic mass is 16.5. The van der Waals surface area contributed by atoms with Gasteiger partial charge in [-0.3, -0.25) is 9.69 Å². The van der Waals surface area contributed by atoms with Gasteiger partial charge in [0.2, 0.25) is 5.91 Å². The van der Waals surface area contributed by atoms with E-state index in [2.05, 4.69) is 10.2 Å². The fourth-order valence-electron chi connectivity index (χ4n) is 3.03. The maximum absolute atomic E-state index is 12.2. The number of amides is 3.